The highest BCUT2D eigenvalue weighted by Crippen LogP contribution is 2.31. The molecule has 1 aromatic carbocycles. The smallest absolute Gasteiger partial charge is 0.298 e. The van der Waals surface area contributed by atoms with Crippen molar-refractivity contribution in [1.82, 2.24) is 19.7 Å². The fraction of sp³-hybridized carbons (Fsp3) is 0.167. The van der Waals surface area contributed by atoms with Crippen molar-refractivity contribution in [1.29, 1.82) is 0 Å². The van der Waals surface area contributed by atoms with Gasteiger partial charge >= 0.3 is 12.4 Å². The summed E-state index contributed by atoms with van der Waals surface area (Å²) in [6, 6.07) is 6.26. The van der Waals surface area contributed by atoms with E-state index < -0.39 is 30.2 Å². The fourth-order valence-corrected chi connectivity index (χ4v) is 3.12. The fourth-order valence-electron chi connectivity index (χ4n) is 3.12. The van der Waals surface area contributed by atoms with E-state index in [0.717, 1.165) is 24.5 Å². The summed E-state index contributed by atoms with van der Waals surface area (Å²) in [5.41, 5.74) is -1.14. The van der Waals surface area contributed by atoms with Gasteiger partial charge in [-0.25, -0.2) is 0 Å². The summed E-state index contributed by atoms with van der Waals surface area (Å²) in [5.74, 6) is 0. The maximum atomic E-state index is 13.1. The summed E-state index contributed by atoms with van der Waals surface area (Å²) in [5, 5.41) is 6.65. The van der Waals surface area contributed by atoms with Gasteiger partial charge in [-0.1, -0.05) is 18.2 Å². The molecule has 11 heteroatoms. The maximum absolute atomic E-state index is 13.1. The Labute approximate surface area is 157 Å². The molecule has 0 saturated heterocycles. The molecule has 0 spiro atoms. The molecular weight excluding hydrogens is 402 g/mol. The van der Waals surface area contributed by atoms with Crippen LogP contribution in [-0.2, 0) is 12.7 Å². The van der Waals surface area contributed by atoms with Gasteiger partial charge in [0.1, 0.15) is 12.2 Å². The Balaban J connectivity index is 1.94. The molecule has 4 aromatic rings. The highest BCUT2D eigenvalue weighted by atomic mass is 19.4. The molecule has 4 rings (SSSR count). The van der Waals surface area contributed by atoms with Gasteiger partial charge in [0, 0.05) is 17.1 Å². The van der Waals surface area contributed by atoms with Crippen molar-refractivity contribution in [2.24, 2.45) is 0 Å². The van der Waals surface area contributed by atoms with E-state index in [4.69, 9.17) is 0 Å². The minimum Gasteiger partial charge on any atom is -0.298 e. The molecule has 3 aromatic heterocycles. The molecule has 150 valence electrons. The molecule has 3 heterocycles. The van der Waals surface area contributed by atoms with E-state index in [0.29, 0.717) is 15.5 Å². The van der Waals surface area contributed by atoms with Gasteiger partial charge in [-0.2, -0.15) is 31.4 Å². The number of aromatic nitrogens is 4. The molecule has 0 amide bonds. The first-order valence-electron chi connectivity index (χ1n) is 8.14. The van der Waals surface area contributed by atoms with Gasteiger partial charge in [0.05, 0.1) is 22.6 Å². The van der Waals surface area contributed by atoms with Crippen LogP contribution in [-0.4, -0.2) is 25.9 Å². The van der Waals surface area contributed by atoms with E-state index in [1.165, 1.54) is 18.2 Å². The van der Waals surface area contributed by atoms with Crippen molar-refractivity contribution in [3.63, 3.8) is 0 Å². The third-order valence-corrected chi connectivity index (χ3v) is 4.40. The number of aromatic amines is 1. The summed E-state index contributed by atoms with van der Waals surface area (Å²) >= 11 is 0. The molecule has 1 N–H and O–H groups in total. The van der Waals surface area contributed by atoms with Crippen LogP contribution in [0.3, 0.4) is 0 Å². The number of hydrogen-bond acceptors (Lipinski definition) is 3. The van der Waals surface area contributed by atoms with Crippen LogP contribution in [0.5, 0.6) is 0 Å². The van der Waals surface area contributed by atoms with Gasteiger partial charge < -0.3 is 0 Å². The zero-order valence-corrected chi connectivity index (χ0v) is 14.3. The Kier molecular flexibility index (Phi) is 4.14. The molecule has 29 heavy (non-hydrogen) atoms. The summed E-state index contributed by atoms with van der Waals surface area (Å²) in [6.45, 7) is -1.52. The Hall–Kier alpha value is -3.37. The zero-order chi connectivity index (χ0) is 21.0. The second-order valence-corrected chi connectivity index (χ2v) is 6.33. The maximum Gasteiger partial charge on any atom is 0.433 e. The normalized spacial score (nSPS) is 12.8. The van der Waals surface area contributed by atoms with Gasteiger partial charge in [-0.3, -0.25) is 19.4 Å². The Morgan fingerprint density at radius 2 is 1.66 bits per heavy atom. The molecule has 0 aliphatic rings. The number of hydrogen-bond donors (Lipinski definition) is 1. The number of nitrogens with one attached hydrogen (secondary N) is 1. The zero-order valence-electron chi connectivity index (χ0n) is 14.3. The summed E-state index contributed by atoms with van der Waals surface area (Å²) < 4.78 is 77.8. The monoisotopic (exact) mass is 412 g/mol. The SMILES string of the molecule is O=c1c2cn[nH]c2c2ccc(-c3ccc(C(F)(F)F)nc3)cc2n1CC(F)(F)F. The van der Waals surface area contributed by atoms with Crippen LogP contribution in [0.2, 0.25) is 0 Å². The third kappa shape index (κ3) is 3.43. The van der Waals surface area contributed by atoms with Gasteiger partial charge in [0.25, 0.3) is 5.56 Å². The number of fused-ring (bicyclic) bond motifs is 3. The lowest BCUT2D eigenvalue weighted by molar-refractivity contribution is -0.141. The van der Waals surface area contributed by atoms with Crippen molar-refractivity contribution >= 4 is 21.8 Å². The van der Waals surface area contributed by atoms with Crippen LogP contribution in [0.15, 0.2) is 47.5 Å². The van der Waals surface area contributed by atoms with Gasteiger partial charge in [-0.05, 0) is 17.7 Å². The van der Waals surface area contributed by atoms with Crippen molar-refractivity contribution in [2.75, 3.05) is 0 Å². The first-order valence-corrected chi connectivity index (χ1v) is 8.14. The Morgan fingerprint density at radius 3 is 2.28 bits per heavy atom. The highest BCUT2D eigenvalue weighted by molar-refractivity contribution is 6.04. The molecule has 5 nitrogen and oxygen atoms in total. The molecule has 0 bridgehead atoms. The first-order chi connectivity index (χ1) is 13.5. The van der Waals surface area contributed by atoms with Crippen LogP contribution in [0.25, 0.3) is 32.9 Å². The van der Waals surface area contributed by atoms with E-state index >= 15 is 0 Å². The van der Waals surface area contributed by atoms with E-state index in [-0.39, 0.29) is 22.0 Å². The molecule has 0 atom stereocenters. The Morgan fingerprint density at radius 1 is 0.931 bits per heavy atom. The summed E-state index contributed by atoms with van der Waals surface area (Å²) in [7, 11) is 0. The van der Waals surface area contributed by atoms with Crippen molar-refractivity contribution < 1.29 is 26.3 Å². The third-order valence-electron chi connectivity index (χ3n) is 4.40. The molecule has 0 radical (unpaired) electrons. The number of rotatable bonds is 2. The lowest BCUT2D eigenvalue weighted by atomic mass is 10.0. The number of halogens is 6. The van der Waals surface area contributed by atoms with Crippen LogP contribution >= 0.6 is 0 Å². The average Bonchev–Trinajstić information content (AvgIpc) is 3.13. The molecule has 0 unspecified atom stereocenters. The second-order valence-electron chi connectivity index (χ2n) is 6.33. The predicted octanol–water partition coefficient (Wildman–Crippen LogP) is 4.52. The van der Waals surface area contributed by atoms with Gasteiger partial charge in [0.15, 0.2) is 0 Å². The Bertz CT molecular complexity index is 1270. The number of pyridine rings is 2. The van der Waals surface area contributed by atoms with Crippen LogP contribution < -0.4 is 5.56 Å². The lowest BCUT2D eigenvalue weighted by Gasteiger charge is -2.14. The minimum absolute atomic E-state index is 0.00527. The van der Waals surface area contributed by atoms with Gasteiger partial charge in [-0.15, -0.1) is 0 Å². The quantitative estimate of drug-likeness (QED) is 0.493. The van der Waals surface area contributed by atoms with Gasteiger partial charge in [0.2, 0.25) is 0 Å². The molecular formula is C18H10F6N4O. The van der Waals surface area contributed by atoms with E-state index in [1.807, 2.05) is 0 Å². The molecule has 0 fully saturated rings. The summed E-state index contributed by atoms with van der Waals surface area (Å²) in [6.07, 6.45) is -7.13. The molecule has 0 saturated carbocycles. The standard InChI is InChI=1S/C18H10F6N4O/c19-17(20,21)8-28-13-5-9(10-2-4-14(25-6-10)18(22,23)24)1-3-11(13)15-12(16(28)29)7-26-27-15/h1-7H,8H2,(H,26,27). The number of nitrogens with zero attached hydrogens (tertiary/aromatic N) is 3. The lowest BCUT2D eigenvalue weighted by Crippen LogP contribution is -2.28. The summed E-state index contributed by atoms with van der Waals surface area (Å²) in [4.78, 5) is 15.9. The minimum atomic E-state index is -4.65. The van der Waals surface area contributed by atoms with Crippen LogP contribution in [0.1, 0.15) is 5.69 Å². The molecule has 0 aliphatic carbocycles. The van der Waals surface area contributed by atoms with E-state index in [1.54, 1.807) is 0 Å². The van der Waals surface area contributed by atoms with Crippen molar-refractivity contribution in [3.05, 3.63) is 58.8 Å². The highest BCUT2D eigenvalue weighted by Gasteiger charge is 2.32. The number of benzene rings is 1. The van der Waals surface area contributed by atoms with E-state index in [2.05, 4.69) is 15.2 Å². The van der Waals surface area contributed by atoms with Crippen molar-refractivity contribution in [2.45, 2.75) is 18.9 Å². The molecule has 0 aliphatic heterocycles. The number of H-pyrrole nitrogens is 1. The van der Waals surface area contributed by atoms with Crippen LogP contribution in [0.4, 0.5) is 26.3 Å². The number of alkyl halides is 6. The average molecular weight is 412 g/mol. The first kappa shape index (κ1) is 19.0. The topological polar surface area (TPSA) is 63.6 Å². The van der Waals surface area contributed by atoms with E-state index in [9.17, 15) is 31.1 Å². The van der Waals surface area contributed by atoms with Crippen LogP contribution in [0, 0.1) is 0 Å². The largest absolute Gasteiger partial charge is 0.433 e. The van der Waals surface area contributed by atoms with Crippen molar-refractivity contribution in [3.8, 4) is 11.1 Å². The predicted molar refractivity (Wildman–Crippen MR) is 92.1 cm³/mol. The second kappa shape index (κ2) is 6.33.